The second kappa shape index (κ2) is 9.30. The van der Waals surface area contributed by atoms with Crippen LogP contribution in [0.1, 0.15) is 32.4 Å². The van der Waals surface area contributed by atoms with E-state index < -0.39 is 0 Å². The molecule has 0 aliphatic rings. The molecule has 144 valence electrons. The van der Waals surface area contributed by atoms with Crippen molar-refractivity contribution in [3.05, 3.63) is 87.6 Å². The lowest BCUT2D eigenvalue weighted by Crippen LogP contribution is -2.87. The fourth-order valence-corrected chi connectivity index (χ4v) is 3.83. The summed E-state index contributed by atoms with van der Waals surface area (Å²) in [6.45, 7) is 2.34. The molecule has 3 aromatic rings. The maximum absolute atomic E-state index is 12.5. The number of carbonyl (C=O) groups is 2. The van der Waals surface area contributed by atoms with Crippen LogP contribution in [0.5, 0.6) is 0 Å². The van der Waals surface area contributed by atoms with E-state index in [1.807, 2.05) is 11.4 Å². The summed E-state index contributed by atoms with van der Waals surface area (Å²) in [6, 6.07) is 19.5. The monoisotopic (exact) mass is 394 g/mol. The number of anilines is 1. The van der Waals surface area contributed by atoms with Crippen molar-refractivity contribution >= 4 is 28.8 Å². The van der Waals surface area contributed by atoms with Gasteiger partial charge < -0.3 is 16.0 Å². The molecule has 3 rings (SSSR count). The van der Waals surface area contributed by atoms with Crippen molar-refractivity contribution in [2.45, 2.75) is 13.0 Å². The van der Waals surface area contributed by atoms with Crippen LogP contribution < -0.4 is 16.0 Å². The van der Waals surface area contributed by atoms with Gasteiger partial charge in [-0.25, -0.2) is 0 Å². The molecule has 1 atom stereocenters. The maximum Gasteiger partial charge on any atom is 0.279 e. The Balaban J connectivity index is 1.67. The van der Waals surface area contributed by atoms with Gasteiger partial charge in [-0.05, 0) is 36.6 Å². The van der Waals surface area contributed by atoms with Gasteiger partial charge in [0.05, 0.1) is 4.88 Å². The predicted molar refractivity (Wildman–Crippen MR) is 113 cm³/mol. The number of hydrogen-bond acceptors (Lipinski definition) is 3. The van der Waals surface area contributed by atoms with Gasteiger partial charge >= 0.3 is 0 Å². The lowest BCUT2D eigenvalue weighted by Gasteiger charge is -2.15. The molecule has 28 heavy (non-hydrogen) atoms. The summed E-state index contributed by atoms with van der Waals surface area (Å²) in [7, 11) is 1.58. The molecule has 1 aromatic heterocycles. The van der Waals surface area contributed by atoms with E-state index in [-0.39, 0.29) is 24.4 Å². The number of amides is 2. The molecule has 6 heteroatoms. The molecular weight excluding hydrogens is 370 g/mol. The fraction of sp³-hybridized carbons (Fsp3) is 0.182. The average molecular weight is 395 g/mol. The van der Waals surface area contributed by atoms with E-state index in [4.69, 9.17) is 0 Å². The van der Waals surface area contributed by atoms with Gasteiger partial charge in [0.25, 0.3) is 11.8 Å². The predicted octanol–water partition coefficient (Wildman–Crippen LogP) is 2.71. The van der Waals surface area contributed by atoms with Crippen molar-refractivity contribution in [3.63, 3.8) is 0 Å². The second-order valence-corrected chi connectivity index (χ2v) is 7.53. The highest BCUT2D eigenvalue weighted by atomic mass is 32.1. The van der Waals surface area contributed by atoms with E-state index in [0.29, 0.717) is 11.3 Å². The molecular formula is C22H24N3O2S+. The zero-order chi connectivity index (χ0) is 19.9. The van der Waals surface area contributed by atoms with Crippen LogP contribution in [0.3, 0.4) is 0 Å². The number of thiophene rings is 1. The molecule has 0 saturated heterocycles. The lowest BCUT2D eigenvalue weighted by atomic mass is 10.0. The van der Waals surface area contributed by atoms with Gasteiger partial charge in [-0.3, -0.25) is 9.59 Å². The van der Waals surface area contributed by atoms with Crippen LogP contribution in [0.4, 0.5) is 5.69 Å². The van der Waals surface area contributed by atoms with Crippen LogP contribution in [0.25, 0.3) is 0 Å². The van der Waals surface area contributed by atoms with Crippen LogP contribution in [-0.4, -0.2) is 25.4 Å². The molecule has 4 N–H and O–H groups in total. The zero-order valence-corrected chi connectivity index (χ0v) is 16.8. The molecule has 0 aliphatic carbocycles. The Bertz CT molecular complexity index is 937. The first-order chi connectivity index (χ1) is 13.6. The second-order valence-electron chi connectivity index (χ2n) is 6.55. The van der Waals surface area contributed by atoms with E-state index in [1.54, 1.807) is 42.6 Å². The first-order valence-corrected chi connectivity index (χ1v) is 10.00. The Labute approximate surface area is 168 Å². The number of nitrogens with two attached hydrogens (primary N) is 1. The highest BCUT2D eigenvalue weighted by molar-refractivity contribution is 7.10. The van der Waals surface area contributed by atoms with E-state index in [9.17, 15) is 9.59 Å². The molecule has 0 bridgehead atoms. The maximum atomic E-state index is 12.5. The van der Waals surface area contributed by atoms with Gasteiger partial charge in [-0.15, -0.1) is 11.3 Å². The average Bonchev–Trinajstić information content (AvgIpc) is 3.23. The van der Waals surface area contributed by atoms with Crippen LogP contribution >= 0.6 is 11.3 Å². The summed E-state index contributed by atoms with van der Waals surface area (Å²) >= 11 is 1.69. The number of hydrogen-bond donors (Lipinski definition) is 3. The SMILES string of the molecule is CNC(=O)c1cccc(NC(=O)C[NH2+][C@H](c2ccc(C)cc2)c2cccs2)c1. The van der Waals surface area contributed by atoms with Crippen LogP contribution in [-0.2, 0) is 4.79 Å². The molecule has 0 fully saturated rings. The van der Waals surface area contributed by atoms with Gasteiger partial charge in [0.1, 0.15) is 6.04 Å². The summed E-state index contributed by atoms with van der Waals surface area (Å²) in [5.41, 5.74) is 3.51. The number of nitrogens with one attached hydrogen (secondary N) is 2. The van der Waals surface area contributed by atoms with Crippen LogP contribution in [0.15, 0.2) is 66.0 Å². The van der Waals surface area contributed by atoms with E-state index >= 15 is 0 Å². The Hall–Kier alpha value is -2.96. The molecule has 1 heterocycles. The van der Waals surface area contributed by atoms with Crippen molar-refractivity contribution in [1.82, 2.24) is 5.32 Å². The Kier molecular flexibility index (Phi) is 6.57. The molecule has 5 nitrogen and oxygen atoms in total. The topological polar surface area (TPSA) is 74.8 Å². The van der Waals surface area contributed by atoms with Crippen molar-refractivity contribution in [2.75, 3.05) is 18.9 Å². The van der Waals surface area contributed by atoms with Gasteiger partial charge in [0.15, 0.2) is 6.54 Å². The molecule has 0 unspecified atom stereocenters. The zero-order valence-electron chi connectivity index (χ0n) is 15.9. The van der Waals surface area contributed by atoms with Crippen molar-refractivity contribution in [2.24, 2.45) is 0 Å². The molecule has 0 radical (unpaired) electrons. The third-order valence-corrected chi connectivity index (χ3v) is 5.42. The Morgan fingerprint density at radius 2 is 1.86 bits per heavy atom. The van der Waals surface area contributed by atoms with E-state index in [1.165, 1.54) is 16.0 Å². The van der Waals surface area contributed by atoms with Crippen molar-refractivity contribution in [3.8, 4) is 0 Å². The molecule has 2 aromatic carbocycles. The van der Waals surface area contributed by atoms with Crippen molar-refractivity contribution < 1.29 is 14.9 Å². The first kappa shape index (κ1) is 19.8. The fourth-order valence-electron chi connectivity index (χ4n) is 2.98. The summed E-state index contributed by atoms with van der Waals surface area (Å²) in [4.78, 5) is 25.4. The quantitative estimate of drug-likeness (QED) is 0.576. The number of aryl methyl sites for hydroxylation is 1. The van der Waals surface area contributed by atoms with E-state index in [0.717, 1.165) is 0 Å². The molecule has 0 spiro atoms. The highest BCUT2D eigenvalue weighted by Gasteiger charge is 2.20. The first-order valence-electron chi connectivity index (χ1n) is 9.12. The number of quaternary nitrogens is 1. The van der Waals surface area contributed by atoms with E-state index in [2.05, 4.69) is 53.3 Å². The minimum Gasteiger partial charge on any atom is -0.355 e. The van der Waals surface area contributed by atoms with Gasteiger partial charge in [-0.1, -0.05) is 42.0 Å². The number of carbonyl (C=O) groups excluding carboxylic acids is 2. The number of benzene rings is 2. The molecule has 2 amide bonds. The summed E-state index contributed by atoms with van der Waals surface area (Å²) < 4.78 is 0. The summed E-state index contributed by atoms with van der Waals surface area (Å²) in [6.07, 6.45) is 0. The van der Waals surface area contributed by atoms with Gasteiger partial charge in [0, 0.05) is 23.9 Å². The van der Waals surface area contributed by atoms with Gasteiger partial charge in [0.2, 0.25) is 0 Å². The third-order valence-electron chi connectivity index (χ3n) is 4.46. The molecule has 0 aliphatic heterocycles. The normalized spacial score (nSPS) is 11.6. The summed E-state index contributed by atoms with van der Waals surface area (Å²) in [5.74, 6) is -0.289. The largest absolute Gasteiger partial charge is 0.355 e. The van der Waals surface area contributed by atoms with Gasteiger partial charge in [-0.2, -0.15) is 0 Å². The van der Waals surface area contributed by atoms with Crippen LogP contribution in [0, 0.1) is 6.92 Å². The third kappa shape index (κ3) is 5.06. The number of rotatable bonds is 7. The minimum absolute atomic E-state index is 0.0727. The standard InChI is InChI=1S/C22H23N3O2S/c1-15-8-10-16(11-9-15)21(19-7-4-12-28-19)24-14-20(26)25-18-6-3-5-17(13-18)22(27)23-2/h3-13,21,24H,14H2,1-2H3,(H,23,27)(H,25,26)/p+1/t21-/m1/s1. The lowest BCUT2D eigenvalue weighted by molar-refractivity contribution is -0.675. The molecule has 0 saturated carbocycles. The smallest absolute Gasteiger partial charge is 0.279 e. The summed E-state index contributed by atoms with van der Waals surface area (Å²) in [5, 5.41) is 9.55. The van der Waals surface area contributed by atoms with Crippen molar-refractivity contribution in [1.29, 1.82) is 0 Å². The Morgan fingerprint density at radius 3 is 2.54 bits per heavy atom. The highest BCUT2D eigenvalue weighted by Crippen LogP contribution is 2.23. The van der Waals surface area contributed by atoms with Crippen LogP contribution in [0.2, 0.25) is 0 Å². The minimum atomic E-state index is -0.181. The Morgan fingerprint density at radius 1 is 1.07 bits per heavy atom.